The maximum Gasteiger partial charge on any atom is 0.476 e. The molecule has 158 valence electrons. The highest BCUT2D eigenvalue weighted by Gasteiger charge is 2.37. The normalized spacial score (nSPS) is 13.1. The molecule has 0 aliphatic heterocycles. The van der Waals surface area contributed by atoms with Crippen LogP contribution >= 0.6 is 7.82 Å². The van der Waals surface area contributed by atoms with Crippen LogP contribution in [0.15, 0.2) is 54.6 Å². The summed E-state index contributed by atoms with van der Waals surface area (Å²) in [7, 11) is -7.02. The lowest BCUT2D eigenvalue weighted by Gasteiger charge is -2.31. The van der Waals surface area contributed by atoms with Crippen molar-refractivity contribution < 1.29 is 36.0 Å². The number of nitro benzene ring substituents is 1. The third-order valence-corrected chi connectivity index (χ3v) is 6.12. The van der Waals surface area contributed by atoms with Crippen LogP contribution in [0, 0.1) is 10.1 Å². The molecule has 1 N–H and O–H groups in total. The van der Waals surface area contributed by atoms with Crippen LogP contribution in [0.4, 0.5) is 11.4 Å². The van der Waals surface area contributed by atoms with Crippen molar-refractivity contribution in [2.24, 2.45) is 0 Å². The molecule has 13 heteroatoms. The third kappa shape index (κ3) is 6.07. The molecule has 0 amide bonds. The van der Waals surface area contributed by atoms with Gasteiger partial charge in [0.25, 0.3) is 5.69 Å². The molecule has 1 atom stereocenters. The van der Waals surface area contributed by atoms with E-state index in [1.807, 2.05) is 0 Å². The summed E-state index contributed by atoms with van der Waals surface area (Å²) in [5, 5.41) is 10.8. The van der Waals surface area contributed by atoms with E-state index in [1.54, 1.807) is 30.3 Å². The van der Waals surface area contributed by atoms with Gasteiger partial charge in [-0.05, 0) is 17.7 Å². The SMILES string of the molecule is COP(=O)(OC)OC(Cc1ccccc1)N(c1ccc([N+](=O)[O-])cc1)S(=O)(=O)O. The number of nitrogens with zero attached hydrogens (tertiary/aromatic N) is 2. The van der Waals surface area contributed by atoms with Gasteiger partial charge in [0.1, 0.15) is 0 Å². The Bertz CT molecular complexity index is 975. The van der Waals surface area contributed by atoms with Gasteiger partial charge in [0.05, 0.1) is 10.6 Å². The van der Waals surface area contributed by atoms with E-state index in [9.17, 15) is 27.6 Å². The fourth-order valence-corrected chi connectivity index (χ4v) is 4.11. The minimum absolute atomic E-state index is 0.145. The van der Waals surface area contributed by atoms with Crippen LogP contribution in [0.3, 0.4) is 0 Å². The van der Waals surface area contributed by atoms with E-state index in [-0.39, 0.29) is 17.8 Å². The number of benzene rings is 2. The van der Waals surface area contributed by atoms with Gasteiger partial charge >= 0.3 is 18.1 Å². The average Bonchev–Trinajstić information content (AvgIpc) is 2.68. The number of hydrogen-bond donors (Lipinski definition) is 1. The molecule has 0 heterocycles. The summed E-state index contributed by atoms with van der Waals surface area (Å²) < 4.78 is 61.8. The molecule has 2 rings (SSSR count). The Morgan fingerprint density at radius 3 is 2.10 bits per heavy atom. The van der Waals surface area contributed by atoms with Crippen molar-refractivity contribution in [1.29, 1.82) is 0 Å². The number of non-ortho nitro benzene ring substituents is 1. The molecule has 0 bridgehead atoms. The number of nitro groups is 1. The highest BCUT2D eigenvalue weighted by Crippen LogP contribution is 2.50. The molecule has 0 fully saturated rings. The predicted molar refractivity (Wildman–Crippen MR) is 104 cm³/mol. The lowest BCUT2D eigenvalue weighted by Crippen LogP contribution is -2.43. The Labute approximate surface area is 167 Å². The lowest BCUT2D eigenvalue weighted by molar-refractivity contribution is -0.384. The molecule has 0 aliphatic carbocycles. The molecule has 2 aromatic carbocycles. The Morgan fingerprint density at radius 1 is 1.10 bits per heavy atom. The first-order valence-electron chi connectivity index (χ1n) is 8.05. The van der Waals surface area contributed by atoms with Crippen molar-refractivity contribution in [2.75, 3.05) is 18.5 Å². The van der Waals surface area contributed by atoms with Gasteiger partial charge in [-0.1, -0.05) is 30.3 Å². The summed E-state index contributed by atoms with van der Waals surface area (Å²) in [6, 6.07) is 12.8. The maximum atomic E-state index is 12.5. The van der Waals surface area contributed by atoms with Gasteiger partial charge in [-0.15, -0.1) is 0 Å². The highest BCUT2D eigenvalue weighted by atomic mass is 32.2. The minimum atomic E-state index is -4.95. The smallest absolute Gasteiger partial charge is 0.290 e. The molecule has 1 unspecified atom stereocenters. The van der Waals surface area contributed by atoms with E-state index >= 15 is 0 Å². The van der Waals surface area contributed by atoms with Crippen molar-refractivity contribution in [1.82, 2.24) is 0 Å². The van der Waals surface area contributed by atoms with Gasteiger partial charge in [0.15, 0.2) is 6.23 Å². The van der Waals surface area contributed by atoms with Gasteiger partial charge < -0.3 is 0 Å². The van der Waals surface area contributed by atoms with Crippen molar-refractivity contribution in [3.63, 3.8) is 0 Å². The molecular weight excluding hydrogens is 427 g/mol. The average molecular weight is 446 g/mol. The van der Waals surface area contributed by atoms with Crippen LogP contribution in [0.25, 0.3) is 0 Å². The quantitative estimate of drug-likeness (QED) is 0.191. The zero-order valence-corrected chi connectivity index (χ0v) is 17.2. The summed E-state index contributed by atoms with van der Waals surface area (Å²) in [5.74, 6) is 0. The summed E-state index contributed by atoms with van der Waals surface area (Å²) >= 11 is 0. The van der Waals surface area contributed by atoms with Gasteiger partial charge in [-0.2, -0.15) is 8.42 Å². The highest BCUT2D eigenvalue weighted by molar-refractivity contribution is 7.87. The van der Waals surface area contributed by atoms with E-state index in [2.05, 4.69) is 0 Å². The molecule has 29 heavy (non-hydrogen) atoms. The summed E-state index contributed by atoms with van der Waals surface area (Å²) in [5.41, 5.74) is 0.147. The van der Waals surface area contributed by atoms with Crippen molar-refractivity contribution in [2.45, 2.75) is 12.6 Å². The molecule has 0 saturated carbocycles. The maximum absolute atomic E-state index is 12.5. The molecule has 11 nitrogen and oxygen atoms in total. The van der Waals surface area contributed by atoms with Crippen LogP contribution in [-0.4, -0.2) is 38.3 Å². The third-order valence-electron chi connectivity index (χ3n) is 3.78. The Morgan fingerprint density at radius 2 is 1.66 bits per heavy atom. The molecule has 0 spiro atoms. The fourth-order valence-electron chi connectivity index (χ4n) is 2.46. The van der Waals surface area contributed by atoms with Gasteiger partial charge in [-0.3, -0.25) is 28.2 Å². The first-order chi connectivity index (χ1) is 13.6. The standard InChI is InChI=1S/C16H19N2O9PS/c1-25-28(21,26-2)27-16(12-13-6-4-3-5-7-13)17(29(22,23)24)14-8-10-15(11-9-14)18(19)20/h3-11,16H,12H2,1-2H3,(H,22,23,24). The number of phosphoric acid groups is 1. The Balaban J connectivity index is 2.54. The summed E-state index contributed by atoms with van der Waals surface area (Å²) in [4.78, 5) is 10.2. The van der Waals surface area contributed by atoms with Crippen molar-refractivity contribution >= 4 is 29.5 Å². The number of rotatable bonds is 10. The van der Waals surface area contributed by atoms with Crippen LogP contribution < -0.4 is 4.31 Å². The molecule has 2 aromatic rings. The van der Waals surface area contributed by atoms with Gasteiger partial charge in [0.2, 0.25) is 0 Å². The van der Waals surface area contributed by atoms with Crippen molar-refractivity contribution in [3.8, 4) is 0 Å². The van der Waals surface area contributed by atoms with Crippen LogP contribution in [0.1, 0.15) is 5.56 Å². The summed E-state index contributed by atoms with van der Waals surface area (Å²) in [6.07, 6.45) is -1.70. The van der Waals surface area contributed by atoms with E-state index in [4.69, 9.17) is 13.6 Å². The van der Waals surface area contributed by atoms with Crippen molar-refractivity contribution in [3.05, 3.63) is 70.3 Å². The minimum Gasteiger partial charge on any atom is -0.290 e. The van der Waals surface area contributed by atoms with Gasteiger partial charge in [-0.25, -0.2) is 8.87 Å². The van der Waals surface area contributed by atoms with E-state index < -0.39 is 29.3 Å². The van der Waals surface area contributed by atoms with Crippen LogP contribution in [0.2, 0.25) is 0 Å². The Kier molecular flexibility index (Phi) is 7.47. The molecule has 0 aromatic heterocycles. The first kappa shape index (κ1) is 22.9. The predicted octanol–water partition coefficient (Wildman–Crippen LogP) is 3.19. The van der Waals surface area contributed by atoms with E-state index in [1.165, 1.54) is 0 Å². The first-order valence-corrected chi connectivity index (χ1v) is 10.9. The summed E-state index contributed by atoms with van der Waals surface area (Å²) in [6.45, 7) is 0. The second-order valence-electron chi connectivity index (χ2n) is 5.61. The largest absolute Gasteiger partial charge is 0.476 e. The number of hydrogen-bond acceptors (Lipinski definition) is 8. The zero-order chi connectivity index (χ0) is 21.7. The van der Waals surface area contributed by atoms with E-state index in [0.29, 0.717) is 9.87 Å². The fraction of sp³-hybridized carbons (Fsp3) is 0.250. The monoisotopic (exact) mass is 446 g/mol. The molecule has 0 saturated heterocycles. The zero-order valence-electron chi connectivity index (χ0n) is 15.4. The number of phosphoric ester groups is 1. The second-order valence-corrected chi connectivity index (χ2v) is 8.73. The Hall–Kier alpha value is -2.34. The number of anilines is 1. The van der Waals surface area contributed by atoms with E-state index in [0.717, 1.165) is 38.5 Å². The lowest BCUT2D eigenvalue weighted by atomic mass is 10.1. The van der Waals surface area contributed by atoms with Crippen LogP contribution in [0.5, 0.6) is 0 Å². The van der Waals surface area contributed by atoms with Gasteiger partial charge in [0, 0.05) is 32.8 Å². The second kappa shape index (κ2) is 9.44. The van der Waals surface area contributed by atoms with Crippen LogP contribution in [-0.2, 0) is 34.9 Å². The molecular formula is C16H19N2O9PS. The molecule has 0 aliphatic rings. The topological polar surface area (TPSA) is 146 Å². The molecule has 0 radical (unpaired) electrons.